The molecule has 0 aromatic heterocycles. The average Bonchev–Trinajstić information content (AvgIpc) is 3.40. The number of benzene rings is 4. The van der Waals surface area contributed by atoms with Crippen LogP contribution in [-0.2, 0) is 20.9 Å². The Bertz CT molecular complexity index is 2130. The van der Waals surface area contributed by atoms with Crippen LogP contribution in [0.4, 0.5) is 11.4 Å². The molecule has 248 valence electrons. The fourth-order valence-electron chi connectivity index (χ4n) is 7.72. The Morgan fingerprint density at radius 2 is 1.40 bits per heavy atom. The first-order chi connectivity index (χ1) is 22.9. The fourth-order valence-corrected chi connectivity index (χ4v) is 8.27. The first kappa shape index (κ1) is 33.6. The molecule has 0 atom stereocenters. The van der Waals surface area contributed by atoms with Crippen molar-refractivity contribution >= 4 is 48.7 Å². The Kier molecular flexibility index (Phi) is 9.31. The summed E-state index contributed by atoms with van der Waals surface area (Å²) >= 11 is 0. The lowest BCUT2D eigenvalue weighted by molar-refractivity contribution is -0.438. The molecular formula is C41H45N3O3S. The molecule has 2 aliphatic rings. The lowest BCUT2D eigenvalue weighted by Crippen LogP contribution is -2.30. The van der Waals surface area contributed by atoms with Gasteiger partial charge >= 0.3 is 0 Å². The van der Waals surface area contributed by atoms with E-state index in [1.54, 1.807) is 0 Å². The topological polar surface area (TPSA) is 89.5 Å². The van der Waals surface area contributed by atoms with E-state index in [1.807, 2.05) is 12.2 Å². The van der Waals surface area contributed by atoms with E-state index in [0.29, 0.717) is 25.9 Å². The summed E-state index contributed by atoms with van der Waals surface area (Å²) in [5.74, 6) is -0.338. The zero-order valence-corrected chi connectivity index (χ0v) is 29.1. The van der Waals surface area contributed by atoms with Gasteiger partial charge in [-0.25, -0.2) is 8.42 Å². The van der Waals surface area contributed by atoms with E-state index in [4.69, 9.17) is 5.73 Å². The molecule has 2 heterocycles. The molecule has 0 saturated carbocycles. The quantitative estimate of drug-likeness (QED) is 0.0763. The third-order valence-electron chi connectivity index (χ3n) is 9.84. The van der Waals surface area contributed by atoms with Crippen molar-refractivity contribution in [2.24, 2.45) is 5.73 Å². The van der Waals surface area contributed by atoms with Crippen LogP contribution in [0.15, 0.2) is 121 Å². The van der Waals surface area contributed by atoms with Crippen molar-refractivity contribution in [1.29, 1.82) is 0 Å². The van der Waals surface area contributed by atoms with Crippen molar-refractivity contribution in [2.45, 2.75) is 51.4 Å². The van der Waals surface area contributed by atoms with E-state index in [-0.39, 0.29) is 16.6 Å². The second kappa shape index (κ2) is 13.3. The second-order valence-corrected chi connectivity index (χ2v) is 15.3. The van der Waals surface area contributed by atoms with Crippen LogP contribution in [0.2, 0.25) is 0 Å². The van der Waals surface area contributed by atoms with Crippen LogP contribution in [0.25, 0.3) is 21.5 Å². The molecule has 0 spiro atoms. The van der Waals surface area contributed by atoms with E-state index in [1.165, 1.54) is 44.1 Å². The van der Waals surface area contributed by atoms with Gasteiger partial charge in [0.1, 0.15) is 6.54 Å². The highest BCUT2D eigenvalue weighted by Gasteiger charge is 2.45. The van der Waals surface area contributed by atoms with Gasteiger partial charge < -0.3 is 15.2 Å². The summed E-state index contributed by atoms with van der Waals surface area (Å²) in [4.78, 5) is 2.36. The Balaban J connectivity index is 1.25. The zero-order chi connectivity index (χ0) is 34.1. The number of hydrogen-bond donors (Lipinski definition) is 1. The molecule has 7 heteroatoms. The van der Waals surface area contributed by atoms with Crippen molar-refractivity contribution in [3.63, 3.8) is 0 Å². The largest absolute Gasteiger partial charge is 0.748 e. The average molecular weight is 660 g/mol. The summed E-state index contributed by atoms with van der Waals surface area (Å²) < 4.78 is 36.0. The van der Waals surface area contributed by atoms with Gasteiger partial charge in [-0.3, -0.25) is 0 Å². The molecule has 0 bridgehead atoms. The van der Waals surface area contributed by atoms with Crippen LogP contribution in [0.3, 0.4) is 0 Å². The van der Waals surface area contributed by atoms with Gasteiger partial charge in [0.05, 0.1) is 15.5 Å². The summed E-state index contributed by atoms with van der Waals surface area (Å²) in [6.45, 7) is 11.0. The predicted molar refractivity (Wildman–Crippen MR) is 199 cm³/mol. The van der Waals surface area contributed by atoms with Crippen LogP contribution >= 0.6 is 0 Å². The third-order valence-corrected chi connectivity index (χ3v) is 10.6. The summed E-state index contributed by atoms with van der Waals surface area (Å²) in [6.07, 6.45) is 15.6. The molecule has 0 fully saturated rings. The van der Waals surface area contributed by atoms with Crippen LogP contribution in [0.1, 0.15) is 51.7 Å². The number of rotatable bonds is 11. The molecule has 0 saturated heterocycles. The van der Waals surface area contributed by atoms with E-state index in [2.05, 4.69) is 140 Å². The minimum absolute atomic E-state index is 0.176. The predicted octanol–water partition coefficient (Wildman–Crippen LogP) is 8.00. The van der Waals surface area contributed by atoms with Crippen molar-refractivity contribution in [1.82, 2.24) is 0 Å². The van der Waals surface area contributed by atoms with Gasteiger partial charge in [0.25, 0.3) is 0 Å². The normalized spacial score (nSPS) is 18.0. The number of nitrogens with two attached hydrogens (primary N) is 1. The lowest BCUT2D eigenvalue weighted by Gasteiger charge is -2.26. The smallest absolute Gasteiger partial charge is 0.210 e. The Labute approximate surface area is 285 Å². The van der Waals surface area contributed by atoms with Gasteiger partial charge in [0.2, 0.25) is 5.69 Å². The minimum atomic E-state index is -4.23. The summed E-state index contributed by atoms with van der Waals surface area (Å²) in [6, 6.07) is 25.8. The number of fused-ring (bicyclic) bond motifs is 6. The highest BCUT2D eigenvalue weighted by Crippen LogP contribution is 2.50. The summed E-state index contributed by atoms with van der Waals surface area (Å²) in [5.41, 5.74) is 13.0. The minimum Gasteiger partial charge on any atom is -0.748 e. The second-order valence-electron chi connectivity index (χ2n) is 13.7. The standard InChI is InChI=1S/C41H45N3O3S/c1-40(2)36(43(27-14-15-29-48(45,46)47)34-24-22-30-16-10-12-18-32(30)38(34)40)20-8-6-5-7-9-21-37-41(3,4)39-33-19-13-11-17-31(33)23-25-35(39)44(37)28-26-42/h5-13,16-25H,14-15,26-29,42H2,1-4H3. The maximum absolute atomic E-state index is 11.2. The van der Waals surface area contributed by atoms with Crippen LogP contribution < -0.4 is 10.6 Å². The van der Waals surface area contributed by atoms with Gasteiger partial charge in [0.15, 0.2) is 5.71 Å². The molecule has 4 aromatic carbocycles. The SMILES string of the molecule is CC1(C)C(/C=C/C=C/C=C/C=C2\N(CCN)c3ccc4ccccc4c3C2(C)C)=[N+](CCCCS(=O)(=O)[O-])c2ccc3ccccc3c21. The highest BCUT2D eigenvalue weighted by molar-refractivity contribution is 7.85. The van der Waals surface area contributed by atoms with E-state index < -0.39 is 10.1 Å². The van der Waals surface area contributed by atoms with Crippen molar-refractivity contribution in [3.8, 4) is 0 Å². The van der Waals surface area contributed by atoms with Crippen molar-refractivity contribution < 1.29 is 17.5 Å². The maximum atomic E-state index is 11.2. The number of nitrogens with zero attached hydrogens (tertiary/aromatic N) is 2. The fraction of sp³-hybridized carbons (Fsp3) is 0.293. The highest BCUT2D eigenvalue weighted by atomic mass is 32.2. The summed E-state index contributed by atoms with van der Waals surface area (Å²) in [7, 11) is -4.23. The molecule has 0 amide bonds. The van der Waals surface area contributed by atoms with Gasteiger partial charge in [-0.1, -0.05) is 98.8 Å². The molecule has 6 rings (SSSR count). The molecule has 2 aliphatic heterocycles. The van der Waals surface area contributed by atoms with Gasteiger partial charge in [0, 0.05) is 59.8 Å². The Morgan fingerprint density at radius 3 is 2.08 bits per heavy atom. The van der Waals surface area contributed by atoms with Gasteiger partial charge in [-0.15, -0.1) is 0 Å². The maximum Gasteiger partial charge on any atom is 0.210 e. The molecular weight excluding hydrogens is 615 g/mol. The molecule has 0 unspecified atom stereocenters. The Morgan fingerprint density at radius 1 is 0.771 bits per heavy atom. The van der Waals surface area contributed by atoms with Gasteiger partial charge in [-0.2, -0.15) is 4.58 Å². The third kappa shape index (κ3) is 6.30. The van der Waals surface area contributed by atoms with Crippen LogP contribution in [0, 0.1) is 0 Å². The van der Waals surface area contributed by atoms with E-state index in [0.717, 1.165) is 17.9 Å². The first-order valence-electron chi connectivity index (χ1n) is 16.8. The first-order valence-corrected chi connectivity index (χ1v) is 18.4. The molecule has 6 nitrogen and oxygen atoms in total. The summed E-state index contributed by atoms with van der Waals surface area (Å²) in [5, 5.41) is 4.94. The molecule has 2 N–H and O–H groups in total. The number of unbranched alkanes of at least 4 members (excludes halogenated alkanes) is 1. The number of anilines is 1. The van der Waals surface area contributed by atoms with E-state index >= 15 is 0 Å². The molecule has 4 aromatic rings. The van der Waals surface area contributed by atoms with Crippen molar-refractivity contribution in [3.05, 3.63) is 132 Å². The zero-order valence-electron chi connectivity index (χ0n) is 28.3. The molecule has 0 radical (unpaired) electrons. The van der Waals surface area contributed by atoms with Gasteiger partial charge in [-0.05, 0) is 65.6 Å². The van der Waals surface area contributed by atoms with Crippen molar-refractivity contribution in [2.75, 3.05) is 30.3 Å². The number of hydrogen-bond acceptors (Lipinski definition) is 5. The Hall–Kier alpha value is -4.30. The molecule has 48 heavy (non-hydrogen) atoms. The van der Waals surface area contributed by atoms with Crippen LogP contribution in [0.5, 0.6) is 0 Å². The monoisotopic (exact) mass is 659 g/mol. The van der Waals surface area contributed by atoms with Crippen LogP contribution in [-0.4, -0.2) is 48.6 Å². The van der Waals surface area contributed by atoms with E-state index in [9.17, 15) is 13.0 Å². The molecule has 0 aliphatic carbocycles. The lowest BCUT2D eigenvalue weighted by atomic mass is 9.79. The number of allylic oxidation sites excluding steroid dienone is 8.